The molecule has 4 N–H and O–H groups in total. The zero-order valence-electron chi connectivity index (χ0n) is 21.7. The number of hydrogen-bond donors (Lipinski definition) is 3. The van der Waals surface area contributed by atoms with Crippen molar-refractivity contribution >= 4 is 0 Å². The summed E-state index contributed by atoms with van der Waals surface area (Å²) in [5.41, 5.74) is 7.33. The molecule has 2 fully saturated rings. The third-order valence-corrected chi connectivity index (χ3v) is 9.71. The second kappa shape index (κ2) is 10.8. The number of aliphatic hydroxyl groups excluding tert-OH is 1. The first-order valence-corrected chi connectivity index (χ1v) is 13.3. The zero-order valence-corrected chi connectivity index (χ0v) is 21.7. The Labute approximate surface area is 209 Å². The summed E-state index contributed by atoms with van der Waals surface area (Å²) < 4.78 is 44.1. The van der Waals surface area contributed by atoms with Crippen molar-refractivity contribution in [2.45, 2.75) is 108 Å². The molecule has 0 saturated heterocycles. The van der Waals surface area contributed by atoms with Crippen molar-refractivity contribution in [3.05, 3.63) is 24.3 Å². The molecule has 4 nitrogen and oxygen atoms in total. The van der Waals surface area contributed by atoms with Crippen molar-refractivity contribution in [1.82, 2.24) is 0 Å². The Bertz CT molecular complexity index is 767. The molecule has 0 aromatic carbocycles. The SMILES string of the molecule is C=CCC[C@H]1C(N)([C@@H]2CC[C@H]([C@H](C)CCC(O)C(F)(F)F)C2)CC=C2C[C@@](C)(O)CC[C@@]21COC. The lowest BCUT2D eigenvalue weighted by atomic mass is 9.49. The maximum atomic E-state index is 12.8. The maximum Gasteiger partial charge on any atom is 0.414 e. The van der Waals surface area contributed by atoms with Crippen molar-refractivity contribution < 1.29 is 28.1 Å². The largest absolute Gasteiger partial charge is 0.414 e. The highest BCUT2D eigenvalue weighted by atomic mass is 19.4. The summed E-state index contributed by atoms with van der Waals surface area (Å²) in [5.74, 6) is 0.901. The van der Waals surface area contributed by atoms with Crippen LogP contribution in [0, 0.1) is 29.1 Å². The van der Waals surface area contributed by atoms with E-state index in [1.807, 2.05) is 19.9 Å². The first kappa shape index (κ1) is 28.7. The first-order valence-electron chi connectivity index (χ1n) is 13.3. The lowest BCUT2D eigenvalue weighted by molar-refractivity contribution is -0.206. The third-order valence-electron chi connectivity index (χ3n) is 9.71. The minimum atomic E-state index is -4.55. The van der Waals surface area contributed by atoms with Gasteiger partial charge in [0.1, 0.15) is 6.10 Å². The lowest BCUT2D eigenvalue weighted by Gasteiger charge is -2.59. The van der Waals surface area contributed by atoms with Gasteiger partial charge in [0.15, 0.2) is 0 Å². The number of allylic oxidation sites excluding steroid dienone is 1. The van der Waals surface area contributed by atoms with Crippen LogP contribution in [0.1, 0.15) is 84.5 Å². The summed E-state index contributed by atoms with van der Waals surface area (Å²) >= 11 is 0. The number of fused-ring (bicyclic) bond motifs is 1. The van der Waals surface area contributed by atoms with Gasteiger partial charge in [0.05, 0.1) is 12.2 Å². The van der Waals surface area contributed by atoms with E-state index < -0.39 is 23.4 Å². The molecule has 0 radical (unpaired) electrons. The van der Waals surface area contributed by atoms with E-state index in [1.54, 1.807) is 7.11 Å². The van der Waals surface area contributed by atoms with Gasteiger partial charge in [-0.05, 0) is 101 Å². The van der Waals surface area contributed by atoms with Gasteiger partial charge in [0.25, 0.3) is 0 Å². The number of aliphatic hydroxyl groups is 2. The van der Waals surface area contributed by atoms with E-state index in [4.69, 9.17) is 10.5 Å². The summed E-state index contributed by atoms with van der Waals surface area (Å²) in [5, 5.41) is 20.2. The van der Waals surface area contributed by atoms with Gasteiger partial charge in [-0.1, -0.05) is 24.6 Å². The normalized spacial score (nSPS) is 39.6. The molecule has 0 bridgehead atoms. The Morgan fingerprint density at radius 1 is 1.29 bits per heavy atom. The van der Waals surface area contributed by atoms with Crippen molar-refractivity contribution in [3.63, 3.8) is 0 Å². The third kappa shape index (κ3) is 6.00. The van der Waals surface area contributed by atoms with Gasteiger partial charge in [-0.15, -0.1) is 6.58 Å². The van der Waals surface area contributed by atoms with Crippen molar-refractivity contribution in [2.75, 3.05) is 13.7 Å². The molecule has 0 spiro atoms. The average molecular weight is 502 g/mol. The molecule has 0 aromatic heterocycles. The summed E-state index contributed by atoms with van der Waals surface area (Å²) in [6.45, 7) is 8.45. The predicted molar refractivity (Wildman–Crippen MR) is 133 cm³/mol. The van der Waals surface area contributed by atoms with Gasteiger partial charge in [-0.25, -0.2) is 0 Å². The Hall–Kier alpha value is -0.890. The standard InChI is InChI=1S/C28H46F3NO3/c1-5-6-7-23-26(18-35-4)15-14-25(3,34)17-22(26)12-13-27(23,32)21-10-9-20(16-21)19(2)8-11-24(33)28(29,30)31/h5,12,19-21,23-24,33-34H,1,6-11,13-18,32H2,2-4H3/t19-,20+,21-,23-,24?,25+,26-,27?/m1/s1. The van der Waals surface area contributed by atoms with Gasteiger partial charge in [-0.2, -0.15) is 13.2 Å². The van der Waals surface area contributed by atoms with Gasteiger partial charge in [-0.3, -0.25) is 0 Å². The molecule has 0 aromatic rings. The van der Waals surface area contributed by atoms with Crippen LogP contribution in [0.4, 0.5) is 13.2 Å². The molecule has 3 aliphatic carbocycles. The van der Waals surface area contributed by atoms with E-state index in [1.165, 1.54) is 5.57 Å². The van der Waals surface area contributed by atoms with Gasteiger partial charge in [0, 0.05) is 18.1 Å². The number of rotatable bonds is 10. The number of nitrogens with two attached hydrogens (primary N) is 1. The Morgan fingerprint density at radius 2 is 2.00 bits per heavy atom. The van der Waals surface area contributed by atoms with E-state index in [0.29, 0.717) is 31.8 Å². The van der Waals surface area contributed by atoms with E-state index in [9.17, 15) is 23.4 Å². The van der Waals surface area contributed by atoms with Crippen LogP contribution in [-0.4, -0.2) is 47.3 Å². The molecule has 7 heteroatoms. The predicted octanol–water partition coefficient (Wildman–Crippen LogP) is 5.92. The molecule has 0 heterocycles. The number of hydrogen-bond acceptors (Lipinski definition) is 4. The maximum absolute atomic E-state index is 12.8. The fraction of sp³-hybridized carbons (Fsp3) is 0.857. The Kier molecular flexibility index (Phi) is 8.88. The number of ether oxygens (including phenoxy) is 1. The van der Waals surface area contributed by atoms with E-state index >= 15 is 0 Å². The molecular weight excluding hydrogens is 455 g/mol. The highest BCUT2D eigenvalue weighted by molar-refractivity contribution is 5.30. The topological polar surface area (TPSA) is 75.7 Å². The number of methoxy groups -OCH3 is 1. The molecule has 2 saturated carbocycles. The first-order chi connectivity index (χ1) is 16.3. The van der Waals surface area contributed by atoms with Crippen LogP contribution in [-0.2, 0) is 4.74 Å². The van der Waals surface area contributed by atoms with Crippen LogP contribution < -0.4 is 5.73 Å². The summed E-state index contributed by atoms with van der Waals surface area (Å²) in [4.78, 5) is 0. The Balaban J connectivity index is 1.81. The second-order valence-corrected chi connectivity index (χ2v) is 12.1. The zero-order chi connectivity index (χ0) is 26.1. The Morgan fingerprint density at radius 3 is 2.63 bits per heavy atom. The number of halogens is 3. The smallest absolute Gasteiger partial charge is 0.390 e. The molecule has 35 heavy (non-hydrogen) atoms. The average Bonchev–Trinajstić information content (AvgIpc) is 3.28. The van der Waals surface area contributed by atoms with Crippen LogP contribution in [0.5, 0.6) is 0 Å². The van der Waals surface area contributed by atoms with Crippen molar-refractivity contribution in [2.24, 2.45) is 34.8 Å². The van der Waals surface area contributed by atoms with E-state index in [0.717, 1.165) is 44.9 Å². The molecule has 3 aliphatic rings. The summed E-state index contributed by atoms with van der Waals surface area (Å²) in [6.07, 6.45) is 5.10. The molecule has 3 rings (SSSR count). The molecule has 2 unspecified atom stereocenters. The molecular formula is C28H46F3NO3. The quantitative estimate of drug-likeness (QED) is 0.325. The lowest BCUT2D eigenvalue weighted by Crippen LogP contribution is -2.63. The molecule has 202 valence electrons. The van der Waals surface area contributed by atoms with Crippen LogP contribution in [0.15, 0.2) is 24.3 Å². The highest BCUT2D eigenvalue weighted by Gasteiger charge is 2.58. The molecule has 0 amide bonds. The van der Waals surface area contributed by atoms with Crippen LogP contribution in [0.3, 0.4) is 0 Å². The highest BCUT2D eigenvalue weighted by Crippen LogP contribution is 2.60. The van der Waals surface area contributed by atoms with E-state index in [-0.39, 0.29) is 29.6 Å². The summed E-state index contributed by atoms with van der Waals surface area (Å²) in [7, 11) is 1.74. The fourth-order valence-corrected chi connectivity index (χ4v) is 7.60. The molecule has 8 atom stereocenters. The second-order valence-electron chi connectivity index (χ2n) is 12.1. The summed E-state index contributed by atoms with van der Waals surface area (Å²) in [6, 6.07) is 0. The van der Waals surface area contributed by atoms with Crippen LogP contribution in [0.2, 0.25) is 0 Å². The van der Waals surface area contributed by atoms with Gasteiger partial charge >= 0.3 is 6.18 Å². The van der Waals surface area contributed by atoms with E-state index in [2.05, 4.69) is 12.7 Å². The van der Waals surface area contributed by atoms with Gasteiger partial charge < -0.3 is 20.7 Å². The minimum Gasteiger partial charge on any atom is -0.390 e. The molecule has 0 aliphatic heterocycles. The fourth-order valence-electron chi connectivity index (χ4n) is 7.60. The minimum absolute atomic E-state index is 0.111. The number of alkyl halides is 3. The van der Waals surface area contributed by atoms with Gasteiger partial charge in [0.2, 0.25) is 0 Å². The monoisotopic (exact) mass is 501 g/mol. The van der Waals surface area contributed by atoms with Crippen molar-refractivity contribution in [3.8, 4) is 0 Å². The van der Waals surface area contributed by atoms with Crippen molar-refractivity contribution in [1.29, 1.82) is 0 Å². The van der Waals surface area contributed by atoms with Crippen LogP contribution >= 0.6 is 0 Å². The van der Waals surface area contributed by atoms with Crippen LogP contribution in [0.25, 0.3) is 0 Å².